The molecule has 0 saturated carbocycles. The molecule has 0 aromatic carbocycles. The molecule has 0 aliphatic heterocycles. The Morgan fingerprint density at radius 2 is 2.46 bits per heavy atom. The van der Waals surface area contributed by atoms with Gasteiger partial charge in [-0.3, -0.25) is 0 Å². The number of rotatable bonds is 3. The summed E-state index contributed by atoms with van der Waals surface area (Å²) in [4.78, 5) is 11.1. The third-order valence-corrected chi connectivity index (χ3v) is 2.19. The molecular formula is C10H16O3. The van der Waals surface area contributed by atoms with Crippen molar-refractivity contribution in [1.82, 2.24) is 0 Å². The number of hydrogen-bond donors (Lipinski definition) is 1. The molecule has 0 bridgehead atoms. The van der Waals surface area contributed by atoms with Crippen LogP contribution in [0.4, 0.5) is 0 Å². The molecule has 1 N–H and O–H groups in total. The summed E-state index contributed by atoms with van der Waals surface area (Å²) in [6.45, 7) is 2.06. The summed E-state index contributed by atoms with van der Waals surface area (Å²) < 4.78 is 4.73. The first-order chi connectivity index (χ1) is 6.25. The van der Waals surface area contributed by atoms with Crippen molar-refractivity contribution < 1.29 is 14.6 Å². The van der Waals surface area contributed by atoms with E-state index in [1.54, 1.807) is 6.92 Å². The molecule has 0 radical (unpaired) electrons. The first kappa shape index (κ1) is 10.3. The van der Waals surface area contributed by atoms with E-state index in [0.29, 0.717) is 6.61 Å². The number of esters is 1. The number of hydrogen-bond acceptors (Lipinski definition) is 3. The van der Waals surface area contributed by atoms with Gasteiger partial charge in [0.15, 0.2) is 6.10 Å². The molecule has 0 saturated heterocycles. The molecule has 13 heavy (non-hydrogen) atoms. The Bertz CT molecular complexity index is 208. The van der Waals surface area contributed by atoms with E-state index in [-0.39, 0.29) is 0 Å². The van der Waals surface area contributed by atoms with Crippen LogP contribution in [0.25, 0.3) is 0 Å². The third kappa shape index (κ3) is 2.84. The highest BCUT2D eigenvalue weighted by Gasteiger charge is 2.21. The van der Waals surface area contributed by atoms with Crippen molar-refractivity contribution in [1.29, 1.82) is 0 Å². The smallest absolute Gasteiger partial charge is 0.339 e. The summed E-state index contributed by atoms with van der Waals surface area (Å²) >= 11 is 0. The van der Waals surface area contributed by atoms with E-state index in [9.17, 15) is 9.90 Å². The average Bonchev–Trinajstić information content (AvgIpc) is 2.18. The number of ether oxygens (including phenoxy) is 1. The summed E-state index contributed by atoms with van der Waals surface area (Å²) in [5, 5.41) is 9.53. The molecule has 1 aliphatic carbocycles. The first-order valence-electron chi connectivity index (χ1n) is 4.79. The number of aliphatic hydroxyl groups excluding tert-OH is 1. The van der Waals surface area contributed by atoms with Crippen LogP contribution in [-0.4, -0.2) is 23.8 Å². The number of carbonyl (C=O) groups is 1. The molecule has 1 aliphatic rings. The van der Waals surface area contributed by atoms with Crippen molar-refractivity contribution in [3.05, 3.63) is 11.6 Å². The Morgan fingerprint density at radius 1 is 1.69 bits per heavy atom. The Labute approximate surface area is 78.4 Å². The van der Waals surface area contributed by atoms with Gasteiger partial charge in [-0.05, 0) is 38.2 Å². The van der Waals surface area contributed by atoms with Crippen molar-refractivity contribution in [3.8, 4) is 0 Å². The summed E-state index contributed by atoms with van der Waals surface area (Å²) in [6.07, 6.45) is 4.92. The molecule has 74 valence electrons. The fraction of sp³-hybridized carbons (Fsp3) is 0.700. The molecule has 3 nitrogen and oxygen atoms in total. The van der Waals surface area contributed by atoms with Gasteiger partial charge in [0.25, 0.3) is 0 Å². The number of aliphatic hydroxyl groups is 1. The molecule has 0 amide bonds. The molecule has 0 fully saturated rings. The van der Waals surface area contributed by atoms with Crippen molar-refractivity contribution >= 4 is 5.97 Å². The minimum absolute atomic E-state index is 0.323. The van der Waals surface area contributed by atoms with Crippen LogP contribution in [0.3, 0.4) is 0 Å². The lowest BCUT2D eigenvalue weighted by molar-refractivity contribution is -0.151. The zero-order valence-corrected chi connectivity index (χ0v) is 7.95. The summed E-state index contributed by atoms with van der Waals surface area (Å²) in [5.41, 5.74) is 0.824. The van der Waals surface area contributed by atoms with Gasteiger partial charge in [-0.25, -0.2) is 4.79 Å². The predicted molar refractivity (Wildman–Crippen MR) is 49.2 cm³/mol. The van der Waals surface area contributed by atoms with Gasteiger partial charge in [0.2, 0.25) is 0 Å². The highest BCUT2D eigenvalue weighted by Crippen LogP contribution is 2.20. The Hall–Kier alpha value is -0.830. The van der Waals surface area contributed by atoms with E-state index >= 15 is 0 Å². The fourth-order valence-corrected chi connectivity index (χ4v) is 1.48. The van der Waals surface area contributed by atoms with Crippen LogP contribution < -0.4 is 0 Å². The van der Waals surface area contributed by atoms with Crippen molar-refractivity contribution in [2.75, 3.05) is 6.61 Å². The lowest BCUT2D eigenvalue weighted by atomic mass is 9.95. The van der Waals surface area contributed by atoms with E-state index in [0.717, 1.165) is 31.3 Å². The molecule has 0 spiro atoms. The monoisotopic (exact) mass is 184 g/mol. The van der Waals surface area contributed by atoms with Crippen molar-refractivity contribution in [2.24, 2.45) is 0 Å². The second-order valence-corrected chi connectivity index (χ2v) is 3.18. The minimum atomic E-state index is -1.03. The lowest BCUT2D eigenvalue weighted by Gasteiger charge is -2.16. The van der Waals surface area contributed by atoms with Crippen LogP contribution in [-0.2, 0) is 9.53 Å². The van der Waals surface area contributed by atoms with Crippen LogP contribution in [0.15, 0.2) is 11.6 Å². The van der Waals surface area contributed by atoms with Crippen LogP contribution in [0, 0.1) is 0 Å². The third-order valence-electron chi connectivity index (χ3n) is 2.19. The van der Waals surface area contributed by atoms with Gasteiger partial charge >= 0.3 is 5.97 Å². The maximum atomic E-state index is 11.1. The molecule has 1 atom stereocenters. The topological polar surface area (TPSA) is 46.5 Å². The first-order valence-corrected chi connectivity index (χ1v) is 4.79. The Balaban J connectivity index is 2.50. The normalized spacial score (nSPS) is 19.1. The summed E-state index contributed by atoms with van der Waals surface area (Å²) in [7, 11) is 0. The average molecular weight is 184 g/mol. The quantitative estimate of drug-likeness (QED) is 0.533. The van der Waals surface area contributed by atoms with Crippen molar-refractivity contribution in [3.63, 3.8) is 0 Å². The summed E-state index contributed by atoms with van der Waals surface area (Å²) in [5.74, 6) is -0.518. The van der Waals surface area contributed by atoms with E-state index < -0.39 is 12.1 Å². The largest absolute Gasteiger partial charge is 0.464 e. The van der Waals surface area contributed by atoms with Crippen LogP contribution in [0.1, 0.15) is 32.6 Å². The molecular weight excluding hydrogens is 168 g/mol. The maximum absolute atomic E-state index is 11.1. The van der Waals surface area contributed by atoms with Crippen LogP contribution in [0.2, 0.25) is 0 Å². The highest BCUT2D eigenvalue weighted by molar-refractivity contribution is 5.78. The molecule has 1 unspecified atom stereocenters. The lowest BCUT2D eigenvalue weighted by Crippen LogP contribution is -2.26. The van der Waals surface area contributed by atoms with Crippen molar-refractivity contribution in [2.45, 2.75) is 38.7 Å². The molecule has 0 aromatic rings. The minimum Gasteiger partial charge on any atom is -0.464 e. The van der Waals surface area contributed by atoms with Gasteiger partial charge in [0.1, 0.15) is 0 Å². The van der Waals surface area contributed by atoms with E-state index in [1.807, 2.05) is 6.08 Å². The standard InChI is InChI=1S/C10H16O3/c1-2-13-10(12)9(11)8-6-4-3-5-7-8/h6,9,11H,2-5,7H2,1H3. The van der Waals surface area contributed by atoms with Crippen LogP contribution in [0.5, 0.6) is 0 Å². The Morgan fingerprint density at radius 3 is 3.00 bits per heavy atom. The Kier molecular flexibility index (Phi) is 3.96. The SMILES string of the molecule is CCOC(=O)C(O)C1=CCCCC1. The van der Waals surface area contributed by atoms with E-state index in [1.165, 1.54) is 0 Å². The summed E-state index contributed by atoms with van der Waals surface area (Å²) in [6, 6.07) is 0. The highest BCUT2D eigenvalue weighted by atomic mass is 16.5. The van der Waals surface area contributed by atoms with Gasteiger partial charge in [-0.1, -0.05) is 6.08 Å². The number of carbonyl (C=O) groups excluding carboxylic acids is 1. The zero-order valence-electron chi connectivity index (χ0n) is 7.95. The van der Waals surface area contributed by atoms with Gasteiger partial charge in [-0.2, -0.15) is 0 Å². The molecule has 0 heterocycles. The maximum Gasteiger partial charge on any atom is 0.339 e. The van der Waals surface area contributed by atoms with Gasteiger partial charge in [0.05, 0.1) is 6.61 Å². The van der Waals surface area contributed by atoms with Gasteiger partial charge in [0, 0.05) is 0 Å². The van der Waals surface area contributed by atoms with E-state index in [4.69, 9.17) is 4.74 Å². The molecule has 3 heteroatoms. The fourth-order valence-electron chi connectivity index (χ4n) is 1.48. The zero-order chi connectivity index (χ0) is 9.68. The molecule has 0 aromatic heterocycles. The van der Waals surface area contributed by atoms with Gasteiger partial charge in [-0.15, -0.1) is 0 Å². The number of allylic oxidation sites excluding steroid dienone is 1. The van der Waals surface area contributed by atoms with E-state index in [2.05, 4.69) is 0 Å². The second-order valence-electron chi connectivity index (χ2n) is 3.18. The predicted octanol–water partition coefficient (Wildman–Crippen LogP) is 1.41. The molecule has 1 rings (SSSR count). The second kappa shape index (κ2) is 5.02. The van der Waals surface area contributed by atoms with Gasteiger partial charge < -0.3 is 9.84 Å². The van der Waals surface area contributed by atoms with Crippen LogP contribution >= 0.6 is 0 Å².